The van der Waals surface area contributed by atoms with Crippen molar-refractivity contribution >= 4 is 0 Å². The van der Waals surface area contributed by atoms with E-state index in [0.29, 0.717) is 17.6 Å². The molecule has 2 unspecified atom stereocenters. The Kier molecular flexibility index (Phi) is 6.09. The molecule has 0 spiro atoms. The molecule has 1 fully saturated rings. The van der Waals surface area contributed by atoms with Gasteiger partial charge in [-0.05, 0) is 41.2 Å². The molecule has 0 aromatic rings. The van der Waals surface area contributed by atoms with Crippen molar-refractivity contribution < 1.29 is 0 Å². The van der Waals surface area contributed by atoms with Crippen LogP contribution < -0.4 is 5.32 Å². The smallest absolute Gasteiger partial charge is 0.0277 e. The van der Waals surface area contributed by atoms with E-state index in [4.69, 9.17) is 0 Å². The molecule has 1 aliphatic heterocycles. The summed E-state index contributed by atoms with van der Waals surface area (Å²) in [6, 6.07) is 1.29. The first-order chi connectivity index (χ1) is 8.36. The van der Waals surface area contributed by atoms with Crippen LogP contribution in [0.2, 0.25) is 0 Å². The minimum Gasteiger partial charge on any atom is -0.313 e. The van der Waals surface area contributed by atoms with E-state index in [9.17, 15) is 0 Å². The molecule has 1 rings (SSSR count). The number of rotatable bonds is 6. The number of likely N-dealkylation sites (N-methyl/N-ethyl adjacent to an activating group) is 1. The third kappa shape index (κ3) is 4.52. The van der Waals surface area contributed by atoms with Gasteiger partial charge in [-0.2, -0.15) is 0 Å². The second kappa shape index (κ2) is 6.88. The molecule has 108 valence electrons. The van der Waals surface area contributed by atoms with Gasteiger partial charge in [0.1, 0.15) is 0 Å². The van der Waals surface area contributed by atoms with Crippen molar-refractivity contribution in [3.8, 4) is 0 Å². The van der Waals surface area contributed by atoms with Crippen molar-refractivity contribution in [2.24, 2.45) is 0 Å². The predicted octanol–water partition coefficient (Wildman–Crippen LogP) is 2.18. The van der Waals surface area contributed by atoms with E-state index in [0.717, 1.165) is 6.54 Å². The highest BCUT2D eigenvalue weighted by atomic mass is 15.3. The Balaban J connectivity index is 2.36. The van der Waals surface area contributed by atoms with Gasteiger partial charge in [0, 0.05) is 43.8 Å². The fraction of sp³-hybridized carbons (Fsp3) is 1.00. The molecular weight excluding hydrogens is 222 g/mol. The lowest BCUT2D eigenvalue weighted by atomic mass is 9.98. The van der Waals surface area contributed by atoms with Gasteiger partial charge >= 0.3 is 0 Å². The molecule has 3 heteroatoms. The fourth-order valence-electron chi connectivity index (χ4n) is 2.69. The lowest BCUT2D eigenvalue weighted by molar-refractivity contribution is 0.0203. The number of hydrogen-bond acceptors (Lipinski definition) is 3. The van der Waals surface area contributed by atoms with Gasteiger partial charge in [0.05, 0.1) is 0 Å². The highest BCUT2D eigenvalue weighted by molar-refractivity contribution is 4.90. The summed E-state index contributed by atoms with van der Waals surface area (Å²) in [6.07, 6.45) is 2.55. The summed E-state index contributed by atoms with van der Waals surface area (Å²) >= 11 is 0. The molecule has 0 radical (unpaired) electrons. The molecule has 1 saturated heterocycles. The monoisotopic (exact) mass is 255 g/mol. The largest absolute Gasteiger partial charge is 0.313 e. The van der Waals surface area contributed by atoms with Gasteiger partial charge in [0.2, 0.25) is 0 Å². The van der Waals surface area contributed by atoms with Gasteiger partial charge in [-0.1, -0.05) is 13.3 Å². The molecule has 1 N–H and O–H groups in total. The molecule has 0 saturated carbocycles. The topological polar surface area (TPSA) is 18.5 Å². The van der Waals surface area contributed by atoms with Crippen LogP contribution in [0.15, 0.2) is 0 Å². The molecular formula is C15H33N3. The van der Waals surface area contributed by atoms with Crippen molar-refractivity contribution in [2.75, 3.05) is 33.2 Å². The molecule has 0 amide bonds. The van der Waals surface area contributed by atoms with Crippen LogP contribution >= 0.6 is 0 Å². The Hall–Kier alpha value is -0.120. The van der Waals surface area contributed by atoms with Gasteiger partial charge in [0.15, 0.2) is 0 Å². The number of nitrogens with one attached hydrogen (secondary N) is 1. The van der Waals surface area contributed by atoms with E-state index in [1.165, 1.54) is 32.5 Å². The van der Waals surface area contributed by atoms with Crippen LogP contribution in [0.25, 0.3) is 0 Å². The summed E-state index contributed by atoms with van der Waals surface area (Å²) in [4.78, 5) is 5.11. The second-order valence-corrected chi connectivity index (χ2v) is 6.65. The first kappa shape index (κ1) is 15.9. The van der Waals surface area contributed by atoms with Gasteiger partial charge in [-0.3, -0.25) is 9.80 Å². The normalized spacial score (nSPS) is 25.0. The van der Waals surface area contributed by atoms with E-state index < -0.39 is 0 Å². The average molecular weight is 255 g/mol. The highest BCUT2D eigenvalue weighted by Gasteiger charge is 2.32. The third-order valence-corrected chi connectivity index (χ3v) is 4.45. The van der Waals surface area contributed by atoms with Crippen molar-refractivity contribution in [1.82, 2.24) is 15.1 Å². The Morgan fingerprint density at radius 2 is 1.89 bits per heavy atom. The van der Waals surface area contributed by atoms with Crippen LogP contribution in [0.4, 0.5) is 0 Å². The van der Waals surface area contributed by atoms with E-state index >= 15 is 0 Å². The zero-order valence-electron chi connectivity index (χ0n) is 13.3. The lowest BCUT2D eigenvalue weighted by Crippen LogP contribution is -2.60. The first-order valence-electron chi connectivity index (χ1n) is 7.55. The van der Waals surface area contributed by atoms with Gasteiger partial charge in [0.25, 0.3) is 0 Å². The molecule has 0 bridgehead atoms. The van der Waals surface area contributed by atoms with Crippen molar-refractivity contribution in [2.45, 2.75) is 65.1 Å². The molecule has 18 heavy (non-hydrogen) atoms. The second-order valence-electron chi connectivity index (χ2n) is 6.65. The van der Waals surface area contributed by atoms with E-state index in [1.54, 1.807) is 0 Å². The van der Waals surface area contributed by atoms with Crippen LogP contribution in [-0.4, -0.2) is 60.6 Å². The molecule has 3 nitrogen and oxygen atoms in total. The molecule has 0 aromatic carbocycles. The maximum Gasteiger partial charge on any atom is 0.0277 e. The summed E-state index contributed by atoms with van der Waals surface area (Å²) in [5.74, 6) is 0. The predicted molar refractivity (Wildman–Crippen MR) is 80.1 cm³/mol. The van der Waals surface area contributed by atoms with Crippen LogP contribution in [0, 0.1) is 0 Å². The van der Waals surface area contributed by atoms with Gasteiger partial charge in [-0.15, -0.1) is 0 Å². The lowest BCUT2D eigenvalue weighted by Gasteiger charge is -2.47. The standard InChI is InChI=1S/C15H33N3/c1-7-8-13(2)16-11-14(3)18-10-9-17(6)15(4,5)12-18/h13-14,16H,7-12H2,1-6H3. The summed E-state index contributed by atoms with van der Waals surface area (Å²) in [5, 5.41) is 3.66. The minimum atomic E-state index is 0.307. The zero-order valence-corrected chi connectivity index (χ0v) is 13.3. The SMILES string of the molecule is CCCC(C)NCC(C)N1CCN(C)C(C)(C)C1. The maximum atomic E-state index is 3.66. The summed E-state index contributed by atoms with van der Waals surface area (Å²) < 4.78 is 0. The Morgan fingerprint density at radius 3 is 2.44 bits per heavy atom. The third-order valence-electron chi connectivity index (χ3n) is 4.45. The first-order valence-corrected chi connectivity index (χ1v) is 7.55. The zero-order chi connectivity index (χ0) is 13.8. The molecule has 2 atom stereocenters. The van der Waals surface area contributed by atoms with Crippen LogP contribution in [0.5, 0.6) is 0 Å². The number of hydrogen-bond donors (Lipinski definition) is 1. The van der Waals surface area contributed by atoms with Crippen LogP contribution in [0.3, 0.4) is 0 Å². The Labute approximate surface area is 114 Å². The van der Waals surface area contributed by atoms with E-state index in [-0.39, 0.29) is 0 Å². The highest BCUT2D eigenvalue weighted by Crippen LogP contribution is 2.20. The van der Waals surface area contributed by atoms with Gasteiger partial charge in [-0.25, -0.2) is 0 Å². The summed E-state index contributed by atoms with van der Waals surface area (Å²) in [7, 11) is 2.24. The Bertz CT molecular complexity index is 240. The van der Waals surface area contributed by atoms with E-state index in [1.807, 2.05) is 0 Å². The maximum absolute atomic E-state index is 3.66. The van der Waals surface area contributed by atoms with Crippen molar-refractivity contribution in [3.05, 3.63) is 0 Å². The molecule has 0 aromatic heterocycles. The number of nitrogens with zero attached hydrogens (tertiary/aromatic N) is 2. The van der Waals surface area contributed by atoms with Crippen molar-refractivity contribution in [3.63, 3.8) is 0 Å². The average Bonchev–Trinajstić information content (AvgIpc) is 2.30. The summed E-state index contributed by atoms with van der Waals surface area (Å²) in [5.41, 5.74) is 0.307. The molecule has 1 aliphatic rings. The van der Waals surface area contributed by atoms with Crippen molar-refractivity contribution in [1.29, 1.82) is 0 Å². The number of piperazine rings is 1. The van der Waals surface area contributed by atoms with Gasteiger partial charge < -0.3 is 5.32 Å². The Morgan fingerprint density at radius 1 is 1.22 bits per heavy atom. The van der Waals surface area contributed by atoms with Crippen LogP contribution in [0.1, 0.15) is 47.5 Å². The summed E-state index contributed by atoms with van der Waals surface area (Å²) in [6.45, 7) is 16.3. The van der Waals surface area contributed by atoms with Crippen LogP contribution in [-0.2, 0) is 0 Å². The quantitative estimate of drug-likeness (QED) is 0.785. The minimum absolute atomic E-state index is 0.307. The molecule has 1 heterocycles. The molecule has 0 aliphatic carbocycles. The fourth-order valence-corrected chi connectivity index (χ4v) is 2.69. The van der Waals surface area contributed by atoms with E-state index in [2.05, 4.69) is 56.8 Å².